The SMILES string of the molecule is COCCn1cc(C(=O)NC2CC(N(CC(=O)O)CC3CC3)C2)c2ccccc21. The zero-order chi connectivity index (χ0) is 20.4. The first-order chi connectivity index (χ1) is 14.0. The molecule has 7 nitrogen and oxygen atoms in total. The third kappa shape index (κ3) is 4.62. The standard InChI is InChI=1S/C22H29N3O4/c1-29-9-8-24-13-19(18-4-2-3-5-20(18)24)22(28)23-16-10-17(11-16)25(14-21(26)27)12-15-6-7-15/h2-5,13,15-17H,6-12,14H2,1H3,(H,23,28)(H,26,27). The molecule has 1 aromatic heterocycles. The Hall–Kier alpha value is -2.38. The van der Waals surface area contributed by atoms with E-state index < -0.39 is 5.97 Å². The molecule has 2 aliphatic rings. The van der Waals surface area contributed by atoms with Gasteiger partial charge in [-0.15, -0.1) is 0 Å². The minimum absolute atomic E-state index is 0.0622. The van der Waals surface area contributed by atoms with Crippen molar-refractivity contribution in [1.29, 1.82) is 0 Å². The number of hydrogen-bond donors (Lipinski definition) is 2. The van der Waals surface area contributed by atoms with Crippen molar-refractivity contribution in [3.05, 3.63) is 36.0 Å². The third-order valence-electron chi connectivity index (χ3n) is 6.06. The van der Waals surface area contributed by atoms with Gasteiger partial charge in [-0.05, 0) is 37.7 Å². The van der Waals surface area contributed by atoms with Crippen LogP contribution in [0.2, 0.25) is 0 Å². The van der Waals surface area contributed by atoms with Crippen LogP contribution in [-0.4, -0.2) is 65.3 Å². The number of rotatable bonds is 10. The molecule has 7 heteroatoms. The van der Waals surface area contributed by atoms with Crippen LogP contribution < -0.4 is 5.32 Å². The van der Waals surface area contributed by atoms with Crippen LogP contribution in [0.15, 0.2) is 30.5 Å². The van der Waals surface area contributed by atoms with Crippen molar-refractivity contribution in [3.63, 3.8) is 0 Å². The summed E-state index contributed by atoms with van der Waals surface area (Å²) in [7, 11) is 1.67. The molecule has 1 aromatic carbocycles. The Morgan fingerprint density at radius 3 is 2.72 bits per heavy atom. The molecule has 0 bridgehead atoms. The minimum Gasteiger partial charge on any atom is -0.480 e. The fraction of sp³-hybridized carbons (Fsp3) is 0.545. The molecule has 1 heterocycles. The summed E-state index contributed by atoms with van der Waals surface area (Å²) in [6, 6.07) is 8.26. The monoisotopic (exact) mass is 399 g/mol. The van der Waals surface area contributed by atoms with Crippen molar-refractivity contribution in [1.82, 2.24) is 14.8 Å². The van der Waals surface area contributed by atoms with Crippen LogP contribution in [0.1, 0.15) is 36.0 Å². The highest BCUT2D eigenvalue weighted by molar-refractivity contribution is 6.07. The number of fused-ring (bicyclic) bond motifs is 1. The molecule has 0 aliphatic heterocycles. The number of carboxylic acid groups (broad SMARTS) is 1. The number of aliphatic carboxylic acids is 1. The Morgan fingerprint density at radius 1 is 1.28 bits per heavy atom. The van der Waals surface area contributed by atoms with E-state index in [4.69, 9.17) is 4.74 Å². The summed E-state index contributed by atoms with van der Waals surface area (Å²) < 4.78 is 7.24. The lowest BCUT2D eigenvalue weighted by atomic mass is 9.85. The lowest BCUT2D eigenvalue weighted by Gasteiger charge is -2.42. The molecule has 0 unspecified atom stereocenters. The molecule has 1 amide bonds. The van der Waals surface area contributed by atoms with Crippen molar-refractivity contribution in [2.75, 3.05) is 26.8 Å². The highest BCUT2D eigenvalue weighted by Gasteiger charge is 2.38. The summed E-state index contributed by atoms with van der Waals surface area (Å²) in [5.41, 5.74) is 1.71. The molecule has 2 saturated carbocycles. The van der Waals surface area contributed by atoms with Crippen molar-refractivity contribution in [2.24, 2.45) is 5.92 Å². The average Bonchev–Trinajstić information content (AvgIpc) is 3.40. The first-order valence-electron chi connectivity index (χ1n) is 10.4. The van der Waals surface area contributed by atoms with E-state index in [0.717, 1.165) is 30.3 Å². The number of methoxy groups -OCH3 is 1. The van der Waals surface area contributed by atoms with Crippen molar-refractivity contribution >= 4 is 22.8 Å². The highest BCUT2D eigenvalue weighted by Crippen LogP contribution is 2.34. The van der Waals surface area contributed by atoms with E-state index >= 15 is 0 Å². The smallest absolute Gasteiger partial charge is 0.317 e. The predicted molar refractivity (Wildman–Crippen MR) is 110 cm³/mol. The predicted octanol–water partition coefficient (Wildman–Crippen LogP) is 2.35. The maximum absolute atomic E-state index is 12.9. The number of nitrogens with one attached hydrogen (secondary N) is 1. The summed E-state index contributed by atoms with van der Waals surface area (Å²) in [4.78, 5) is 26.2. The number of benzene rings is 1. The second kappa shape index (κ2) is 8.55. The number of amides is 1. The molecule has 0 spiro atoms. The largest absolute Gasteiger partial charge is 0.480 e. The first-order valence-corrected chi connectivity index (χ1v) is 10.4. The van der Waals surface area contributed by atoms with Crippen molar-refractivity contribution < 1.29 is 19.4 Å². The first kappa shape index (κ1) is 19.9. The van der Waals surface area contributed by atoms with Crippen LogP contribution in [0.25, 0.3) is 10.9 Å². The molecule has 2 aromatic rings. The Morgan fingerprint density at radius 2 is 2.03 bits per heavy atom. The third-order valence-corrected chi connectivity index (χ3v) is 6.06. The molecule has 0 saturated heterocycles. The summed E-state index contributed by atoms with van der Waals surface area (Å²) in [5, 5.41) is 13.3. The minimum atomic E-state index is -0.776. The van der Waals surface area contributed by atoms with Gasteiger partial charge >= 0.3 is 5.97 Å². The quantitative estimate of drug-likeness (QED) is 0.641. The van der Waals surface area contributed by atoms with Crippen molar-refractivity contribution in [3.8, 4) is 0 Å². The second-order valence-corrected chi connectivity index (χ2v) is 8.31. The molecule has 2 fully saturated rings. The van der Waals surface area contributed by atoms with Gasteiger partial charge in [-0.25, -0.2) is 0 Å². The molecule has 4 rings (SSSR count). The molecular formula is C22H29N3O4. The Labute approximate surface area is 170 Å². The number of carbonyl (C=O) groups excluding carboxylic acids is 1. The summed E-state index contributed by atoms with van der Waals surface area (Å²) in [6.45, 7) is 2.24. The lowest BCUT2D eigenvalue weighted by molar-refractivity contribution is -0.139. The molecule has 29 heavy (non-hydrogen) atoms. The zero-order valence-electron chi connectivity index (χ0n) is 16.8. The molecule has 2 N–H and O–H groups in total. The van der Waals surface area contributed by atoms with E-state index in [1.807, 2.05) is 30.5 Å². The maximum Gasteiger partial charge on any atom is 0.317 e. The van der Waals surface area contributed by atoms with Gasteiger partial charge in [-0.2, -0.15) is 0 Å². The van der Waals surface area contributed by atoms with Gasteiger partial charge in [0, 0.05) is 49.4 Å². The van der Waals surface area contributed by atoms with E-state index in [2.05, 4.69) is 14.8 Å². The van der Waals surface area contributed by atoms with Gasteiger partial charge in [-0.3, -0.25) is 14.5 Å². The van der Waals surface area contributed by atoms with E-state index in [0.29, 0.717) is 24.6 Å². The van der Waals surface area contributed by atoms with Crippen LogP contribution >= 0.6 is 0 Å². The van der Waals surface area contributed by atoms with Gasteiger partial charge in [-0.1, -0.05) is 18.2 Å². The molecule has 0 atom stereocenters. The van der Waals surface area contributed by atoms with Gasteiger partial charge in [0.25, 0.3) is 5.91 Å². The Kier molecular flexibility index (Phi) is 5.87. The van der Waals surface area contributed by atoms with Crippen LogP contribution in [0.5, 0.6) is 0 Å². The fourth-order valence-electron chi connectivity index (χ4n) is 4.22. The maximum atomic E-state index is 12.9. The summed E-state index contributed by atoms with van der Waals surface area (Å²) in [5.74, 6) is -0.184. The fourth-order valence-corrected chi connectivity index (χ4v) is 4.22. The summed E-state index contributed by atoms with van der Waals surface area (Å²) >= 11 is 0. The van der Waals surface area contributed by atoms with Gasteiger partial charge in [0.05, 0.1) is 18.7 Å². The van der Waals surface area contributed by atoms with Gasteiger partial charge in [0.2, 0.25) is 0 Å². The van der Waals surface area contributed by atoms with Crippen LogP contribution in [0, 0.1) is 5.92 Å². The van der Waals surface area contributed by atoms with E-state index in [1.165, 1.54) is 12.8 Å². The van der Waals surface area contributed by atoms with E-state index in [9.17, 15) is 14.7 Å². The topological polar surface area (TPSA) is 83.8 Å². The lowest BCUT2D eigenvalue weighted by Crippen LogP contribution is -2.55. The Balaban J connectivity index is 1.38. The number of carboxylic acids is 1. The molecule has 2 aliphatic carbocycles. The van der Waals surface area contributed by atoms with Gasteiger partial charge in [0.1, 0.15) is 0 Å². The second-order valence-electron chi connectivity index (χ2n) is 8.31. The highest BCUT2D eigenvalue weighted by atomic mass is 16.5. The van der Waals surface area contributed by atoms with E-state index in [1.54, 1.807) is 7.11 Å². The zero-order valence-corrected chi connectivity index (χ0v) is 16.8. The number of aromatic nitrogens is 1. The molecule has 156 valence electrons. The normalized spacial score (nSPS) is 21.3. The summed E-state index contributed by atoms with van der Waals surface area (Å²) in [6.07, 6.45) is 5.94. The van der Waals surface area contributed by atoms with Crippen molar-refractivity contribution in [2.45, 2.75) is 44.3 Å². The van der Waals surface area contributed by atoms with E-state index in [-0.39, 0.29) is 24.5 Å². The average molecular weight is 399 g/mol. The number of ether oxygens (including phenoxy) is 1. The van der Waals surface area contributed by atoms with Gasteiger partial charge in [0.15, 0.2) is 0 Å². The number of carbonyl (C=O) groups is 2. The van der Waals surface area contributed by atoms with Crippen LogP contribution in [0.3, 0.4) is 0 Å². The molecular weight excluding hydrogens is 370 g/mol. The number of nitrogens with zero attached hydrogens (tertiary/aromatic N) is 2. The van der Waals surface area contributed by atoms with Gasteiger partial charge < -0.3 is 19.7 Å². The molecule has 0 radical (unpaired) electrons. The number of hydrogen-bond acceptors (Lipinski definition) is 4. The number of para-hydroxylation sites is 1. The van der Waals surface area contributed by atoms with Crippen LogP contribution in [0.4, 0.5) is 0 Å². The van der Waals surface area contributed by atoms with Crippen LogP contribution in [-0.2, 0) is 16.1 Å². The Bertz CT molecular complexity index is 883.